The molecule has 176 valence electrons. The van der Waals surface area contributed by atoms with Gasteiger partial charge in [-0.2, -0.15) is 11.8 Å². The van der Waals surface area contributed by atoms with E-state index in [2.05, 4.69) is 10.6 Å². The molecule has 1 rings (SSSR count). The lowest BCUT2D eigenvalue weighted by molar-refractivity contribution is -0.145. The number of hydrogen-bond acceptors (Lipinski definition) is 7. The molecule has 0 spiro atoms. The van der Waals surface area contributed by atoms with Crippen LogP contribution in [0.1, 0.15) is 39.5 Å². The van der Waals surface area contributed by atoms with Crippen molar-refractivity contribution in [3.05, 3.63) is 0 Å². The van der Waals surface area contributed by atoms with Gasteiger partial charge in [-0.15, -0.1) is 0 Å². The molecule has 0 radical (unpaired) electrons. The number of carboxylic acid groups (broad SMARTS) is 2. The second-order valence-corrected chi connectivity index (χ2v) is 8.79. The van der Waals surface area contributed by atoms with Gasteiger partial charge in [-0.25, -0.2) is 4.79 Å². The van der Waals surface area contributed by atoms with Gasteiger partial charge in [0, 0.05) is 6.54 Å². The van der Waals surface area contributed by atoms with E-state index in [0.717, 1.165) is 0 Å². The molecule has 4 unspecified atom stereocenters. The molecule has 12 heteroatoms. The molecule has 4 atom stereocenters. The number of amides is 3. The Balaban J connectivity index is 2.90. The highest BCUT2D eigenvalue weighted by atomic mass is 32.2. The average Bonchev–Trinajstić information content (AvgIpc) is 3.17. The number of thioether (sulfide) groups is 1. The Morgan fingerprint density at radius 3 is 2.32 bits per heavy atom. The smallest absolute Gasteiger partial charge is 0.326 e. The van der Waals surface area contributed by atoms with Crippen LogP contribution in [0.3, 0.4) is 0 Å². The third-order valence-corrected chi connectivity index (χ3v) is 5.67. The first-order chi connectivity index (χ1) is 14.5. The molecule has 0 aromatic heterocycles. The zero-order valence-corrected chi connectivity index (χ0v) is 18.8. The zero-order valence-electron chi connectivity index (χ0n) is 18.0. The molecule has 11 nitrogen and oxygen atoms in total. The lowest BCUT2D eigenvalue weighted by atomic mass is 10.0. The standard InChI is InChI=1S/C19H32N4O7S/c1-10(2)15(19(29)30)22-16(26)12(9-14(24)25)21-17(27)13-5-4-7-23(13)18(28)11(20)6-8-31-3/h10-13,15H,4-9,20H2,1-3H3,(H,21,27)(H,22,26)(H,24,25)(H,29,30). The van der Waals surface area contributed by atoms with Crippen molar-refractivity contribution in [3.8, 4) is 0 Å². The molecule has 1 fully saturated rings. The third-order valence-electron chi connectivity index (χ3n) is 5.03. The Labute approximate surface area is 185 Å². The van der Waals surface area contributed by atoms with Crippen molar-refractivity contribution in [3.63, 3.8) is 0 Å². The van der Waals surface area contributed by atoms with Crippen molar-refractivity contribution in [1.29, 1.82) is 0 Å². The monoisotopic (exact) mass is 460 g/mol. The Hall–Kier alpha value is -2.34. The molecule has 0 aliphatic carbocycles. The number of nitrogens with one attached hydrogen (secondary N) is 2. The summed E-state index contributed by atoms with van der Waals surface area (Å²) in [6.45, 7) is 3.52. The number of carbonyl (C=O) groups excluding carboxylic acids is 3. The first-order valence-corrected chi connectivity index (χ1v) is 11.5. The molecule has 3 amide bonds. The third kappa shape index (κ3) is 8.02. The van der Waals surface area contributed by atoms with Crippen LogP contribution in [0.15, 0.2) is 0 Å². The fraction of sp³-hybridized carbons (Fsp3) is 0.737. The largest absolute Gasteiger partial charge is 0.481 e. The average molecular weight is 461 g/mol. The maximum Gasteiger partial charge on any atom is 0.326 e. The van der Waals surface area contributed by atoms with E-state index in [0.29, 0.717) is 31.6 Å². The minimum Gasteiger partial charge on any atom is -0.481 e. The Kier molecular flexibility index (Phi) is 10.8. The van der Waals surface area contributed by atoms with Crippen molar-refractivity contribution in [2.75, 3.05) is 18.6 Å². The fourth-order valence-electron chi connectivity index (χ4n) is 3.30. The molecule has 0 aromatic carbocycles. The van der Waals surface area contributed by atoms with E-state index in [1.807, 2.05) is 6.26 Å². The van der Waals surface area contributed by atoms with E-state index < -0.39 is 60.3 Å². The van der Waals surface area contributed by atoms with Crippen LogP contribution in [0, 0.1) is 5.92 Å². The topological polar surface area (TPSA) is 179 Å². The number of nitrogens with two attached hydrogens (primary N) is 1. The molecule has 1 aliphatic heterocycles. The number of carboxylic acids is 2. The summed E-state index contributed by atoms with van der Waals surface area (Å²) in [5.74, 6) is -4.31. The molecule has 1 saturated heterocycles. The number of nitrogens with zero attached hydrogens (tertiary/aromatic N) is 1. The molecule has 0 saturated carbocycles. The van der Waals surface area contributed by atoms with Gasteiger partial charge in [0.15, 0.2) is 0 Å². The summed E-state index contributed by atoms with van der Waals surface area (Å²) in [5, 5.41) is 23.0. The van der Waals surface area contributed by atoms with Gasteiger partial charge in [0.05, 0.1) is 12.5 Å². The SMILES string of the molecule is CSCCC(N)C(=O)N1CCCC1C(=O)NC(CC(=O)O)C(=O)NC(C(=O)O)C(C)C. The minimum atomic E-state index is -1.48. The van der Waals surface area contributed by atoms with E-state index in [1.54, 1.807) is 25.6 Å². The predicted octanol–water partition coefficient (Wildman–Crippen LogP) is -0.757. The maximum atomic E-state index is 12.8. The lowest BCUT2D eigenvalue weighted by Gasteiger charge is -2.28. The number of likely N-dealkylation sites (tertiary alicyclic amines) is 1. The zero-order chi connectivity index (χ0) is 23.7. The highest BCUT2D eigenvalue weighted by molar-refractivity contribution is 7.98. The highest BCUT2D eigenvalue weighted by Gasteiger charge is 2.38. The van der Waals surface area contributed by atoms with Crippen LogP contribution in [0.5, 0.6) is 0 Å². The summed E-state index contributed by atoms with van der Waals surface area (Å²) in [7, 11) is 0. The maximum absolute atomic E-state index is 12.8. The second kappa shape index (κ2) is 12.5. The molecule has 1 heterocycles. The fourth-order valence-corrected chi connectivity index (χ4v) is 3.79. The quantitative estimate of drug-likeness (QED) is 0.250. The van der Waals surface area contributed by atoms with Gasteiger partial charge in [0.2, 0.25) is 17.7 Å². The molecule has 0 aromatic rings. The number of rotatable bonds is 12. The molecular weight excluding hydrogens is 428 g/mol. The molecule has 31 heavy (non-hydrogen) atoms. The summed E-state index contributed by atoms with van der Waals surface area (Å²) in [4.78, 5) is 61.9. The summed E-state index contributed by atoms with van der Waals surface area (Å²) in [6.07, 6.45) is 2.56. The Morgan fingerprint density at radius 2 is 1.81 bits per heavy atom. The van der Waals surface area contributed by atoms with Crippen molar-refractivity contribution in [2.24, 2.45) is 11.7 Å². The Morgan fingerprint density at radius 1 is 1.16 bits per heavy atom. The van der Waals surface area contributed by atoms with Gasteiger partial charge in [-0.05, 0) is 37.2 Å². The predicted molar refractivity (Wildman–Crippen MR) is 114 cm³/mol. The van der Waals surface area contributed by atoms with E-state index in [1.165, 1.54) is 4.90 Å². The summed E-state index contributed by atoms with van der Waals surface area (Å²) in [5.41, 5.74) is 5.94. The van der Waals surface area contributed by atoms with Crippen molar-refractivity contribution >= 4 is 41.4 Å². The van der Waals surface area contributed by atoms with E-state index in [-0.39, 0.29) is 5.91 Å². The lowest BCUT2D eigenvalue weighted by Crippen LogP contribution is -2.57. The van der Waals surface area contributed by atoms with E-state index in [4.69, 9.17) is 10.8 Å². The summed E-state index contributed by atoms with van der Waals surface area (Å²) < 4.78 is 0. The minimum absolute atomic E-state index is 0.341. The first kappa shape index (κ1) is 26.7. The van der Waals surface area contributed by atoms with Crippen LogP contribution in [-0.2, 0) is 24.0 Å². The van der Waals surface area contributed by atoms with Crippen LogP contribution in [0.25, 0.3) is 0 Å². The second-order valence-electron chi connectivity index (χ2n) is 7.81. The summed E-state index contributed by atoms with van der Waals surface area (Å²) in [6, 6.07) is -4.33. The van der Waals surface area contributed by atoms with Crippen molar-refractivity contribution < 1.29 is 34.2 Å². The van der Waals surface area contributed by atoms with Gasteiger partial charge in [-0.3, -0.25) is 19.2 Å². The number of aliphatic carboxylic acids is 2. The molecule has 1 aliphatic rings. The number of hydrogen-bond donors (Lipinski definition) is 5. The van der Waals surface area contributed by atoms with Gasteiger partial charge in [0.1, 0.15) is 18.1 Å². The first-order valence-electron chi connectivity index (χ1n) is 10.1. The van der Waals surface area contributed by atoms with Crippen LogP contribution in [0.2, 0.25) is 0 Å². The Bertz CT molecular complexity index is 688. The van der Waals surface area contributed by atoms with E-state index >= 15 is 0 Å². The van der Waals surface area contributed by atoms with Gasteiger partial charge in [-0.1, -0.05) is 13.8 Å². The number of carbonyl (C=O) groups is 5. The molecule has 0 bridgehead atoms. The van der Waals surface area contributed by atoms with Crippen molar-refractivity contribution in [1.82, 2.24) is 15.5 Å². The van der Waals surface area contributed by atoms with Gasteiger partial charge < -0.3 is 31.5 Å². The summed E-state index contributed by atoms with van der Waals surface area (Å²) >= 11 is 1.55. The van der Waals surface area contributed by atoms with Crippen LogP contribution in [0.4, 0.5) is 0 Å². The van der Waals surface area contributed by atoms with Crippen molar-refractivity contribution in [2.45, 2.75) is 63.7 Å². The van der Waals surface area contributed by atoms with E-state index in [9.17, 15) is 29.1 Å². The normalized spacial score (nSPS) is 18.9. The van der Waals surface area contributed by atoms with Crippen LogP contribution >= 0.6 is 11.8 Å². The highest BCUT2D eigenvalue weighted by Crippen LogP contribution is 2.19. The molecular formula is C19H32N4O7S. The molecule has 6 N–H and O–H groups in total. The van der Waals surface area contributed by atoms with Crippen LogP contribution in [-0.4, -0.2) is 87.5 Å². The van der Waals surface area contributed by atoms with Gasteiger partial charge in [0.25, 0.3) is 0 Å². The van der Waals surface area contributed by atoms with Gasteiger partial charge >= 0.3 is 11.9 Å². The van der Waals surface area contributed by atoms with Crippen LogP contribution < -0.4 is 16.4 Å².